The molecule has 0 unspecified atom stereocenters. The number of anilines is 1. The van der Waals surface area contributed by atoms with Crippen molar-refractivity contribution < 1.29 is 14.7 Å². The molecule has 0 aliphatic heterocycles. The fourth-order valence-corrected chi connectivity index (χ4v) is 1.96. The van der Waals surface area contributed by atoms with Crippen molar-refractivity contribution in [2.75, 3.05) is 24.5 Å². The van der Waals surface area contributed by atoms with Crippen LogP contribution in [0.3, 0.4) is 0 Å². The van der Waals surface area contributed by atoms with Gasteiger partial charge in [-0.1, -0.05) is 24.6 Å². The molecule has 2 amide bonds. The molecule has 0 heterocycles. The van der Waals surface area contributed by atoms with E-state index in [-0.39, 0.29) is 12.6 Å². The van der Waals surface area contributed by atoms with Gasteiger partial charge in [-0.25, -0.2) is 4.79 Å². The van der Waals surface area contributed by atoms with Crippen molar-refractivity contribution in [3.8, 4) is 0 Å². The quantitative estimate of drug-likeness (QED) is 0.870. The summed E-state index contributed by atoms with van der Waals surface area (Å²) >= 11 is 0. The number of aliphatic carboxylic acids is 1. The van der Waals surface area contributed by atoms with Crippen molar-refractivity contribution in [2.45, 2.75) is 27.2 Å². The number of carboxylic acids is 1. The van der Waals surface area contributed by atoms with Gasteiger partial charge in [0.25, 0.3) is 0 Å². The molecule has 0 atom stereocenters. The second-order valence-electron chi connectivity index (χ2n) is 4.68. The molecule has 0 saturated heterocycles. The number of aryl methyl sites for hydroxylation is 1. The Morgan fingerprint density at radius 1 is 1.15 bits per heavy atom. The van der Waals surface area contributed by atoms with Crippen molar-refractivity contribution in [2.24, 2.45) is 0 Å². The zero-order valence-corrected chi connectivity index (χ0v) is 12.3. The maximum atomic E-state index is 12.5. The van der Waals surface area contributed by atoms with E-state index in [4.69, 9.17) is 5.11 Å². The number of benzene rings is 1. The Bertz CT molecular complexity index is 457. The summed E-state index contributed by atoms with van der Waals surface area (Å²) in [6.07, 6.45) is 0.842. The van der Waals surface area contributed by atoms with Gasteiger partial charge in [0, 0.05) is 18.8 Å². The molecule has 5 nitrogen and oxygen atoms in total. The van der Waals surface area contributed by atoms with E-state index in [2.05, 4.69) is 0 Å². The number of rotatable bonds is 6. The van der Waals surface area contributed by atoms with Crippen LogP contribution in [0, 0.1) is 6.92 Å². The third-order valence-corrected chi connectivity index (χ3v) is 3.02. The first-order valence-corrected chi connectivity index (χ1v) is 6.84. The fourth-order valence-electron chi connectivity index (χ4n) is 1.96. The summed E-state index contributed by atoms with van der Waals surface area (Å²) < 4.78 is 0. The Balaban J connectivity index is 3.01. The molecule has 0 spiro atoms. The van der Waals surface area contributed by atoms with Gasteiger partial charge in [0.2, 0.25) is 0 Å². The van der Waals surface area contributed by atoms with Crippen LogP contribution < -0.4 is 4.90 Å². The lowest BCUT2D eigenvalue weighted by molar-refractivity contribution is -0.135. The van der Waals surface area contributed by atoms with Gasteiger partial charge < -0.3 is 10.0 Å². The number of hydrogen-bond donors (Lipinski definition) is 1. The molecule has 0 radical (unpaired) electrons. The van der Waals surface area contributed by atoms with Gasteiger partial charge in [-0.3, -0.25) is 9.69 Å². The third-order valence-electron chi connectivity index (χ3n) is 3.02. The number of carbonyl (C=O) groups excluding carboxylic acids is 1. The van der Waals surface area contributed by atoms with E-state index in [1.807, 2.05) is 32.9 Å². The van der Waals surface area contributed by atoms with E-state index in [9.17, 15) is 9.59 Å². The van der Waals surface area contributed by atoms with Crippen LogP contribution in [0.25, 0.3) is 0 Å². The maximum absolute atomic E-state index is 12.5. The lowest BCUT2D eigenvalue weighted by atomic mass is 10.2. The lowest BCUT2D eigenvalue weighted by Crippen LogP contribution is -2.45. The van der Waals surface area contributed by atoms with Crippen molar-refractivity contribution in [3.63, 3.8) is 0 Å². The molecule has 0 aliphatic rings. The number of carbonyl (C=O) groups is 2. The highest BCUT2D eigenvalue weighted by Gasteiger charge is 2.22. The van der Waals surface area contributed by atoms with Crippen LogP contribution in [0.15, 0.2) is 24.3 Å². The molecular formula is C15H22N2O3. The van der Waals surface area contributed by atoms with Crippen LogP contribution in [0.5, 0.6) is 0 Å². The van der Waals surface area contributed by atoms with Crippen LogP contribution in [-0.4, -0.2) is 41.6 Å². The number of amides is 2. The van der Waals surface area contributed by atoms with Crippen LogP contribution in [-0.2, 0) is 4.79 Å². The third kappa shape index (κ3) is 4.26. The minimum absolute atomic E-state index is 0.263. The average molecular weight is 278 g/mol. The highest BCUT2D eigenvalue weighted by Crippen LogP contribution is 2.17. The van der Waals surface area contributed by atoms with Gasteiger partial charge in [0.1, 0.15) is 6.54 Å². The second kappa shape index (κ2) is 7.53. The Labute approximate surface area is 119 Å². The van der Waals surface area contributed by atoms with Gasteiger partial charge in [-0.15, -0.1) is 0 Å². The van der Waals surface area contributed by atoms with Gasteiger partial charge in [0.15, 0.2) is 0 Å². The number of nitrogens with zero attached hydrogens (tertiary/aromatic N) is 2. The van der Waals surface area contributed by atoms with Crippen LogP contribution in [0.1, 0.15) is 25.8 Å². The normalized spacial score (nSPS) is 10.2. The van der Waals surface area contributed by atoms with E-state index in [1.54, 1.807) is 17.0 Å². The smallest absolute Gasteiger partial charge is 0.325 e. The molecule has 1 aromatic rings. The number of carboxylic acid groups (broad SMARTS) is 1. The highest BCUT2D eigenvalue weighted by atomic mass is 16.4. The topological polar surface area (TPSA) is 60.9 Å². The highest BCUT2D eigenvalue weighted by molar-refractivity contribution is 5.96. The monoisotopic (exact) mass is 278 g/mol. The molecule has 1 rings (SSSR count). The molecule has 1 aromatic carbocycles. The molecule has 0 aromatic heterocycles. The molecule has 0 fully saturated rings. The molecule has 1 N–H and O–H groups in total. The molecule has 0 bridgehead atoms. The van der Waals surface area contributed by atoms with Crippen LogP contribution >= 0.6 is 0 Å². The lowest BCUT2D eigenvalue weighted by Gasteiger charge is -2.29. The van der Waals surface area contributed by atoms with Crippen LogP contribution in [0.2, 0.25) is 0 Å². The minimum atomic E-state index is -1.02. The second-order valence-corrected chi connectivity index (χ2v) is 4.68. The van der Waals surface area contributed by atoms with Crippen molar-refractivity contribution in [1.82, 2.24) is 4.90 Å². The van der Waals surface area contributed by atoms with Crippen LogP contribution in [0.4, 0.5) is 10.5 Å². The standard InChI is InChI=1S/C15H22N2O3/c1-4-10-16(5-2)15(20)17(11-14(18)19)13-8-6-12(3)7-9-13/h6-9H,4-5,10-11H2,1-3H3,(H,18,19). The van der Waals surface area contributed by atoms with Gasteiger partial charge in [-0.2, -0.15) is 0 Å². The summed E-state index contributed by atoms with van der Waals surface area (Å²) in [4.78, 5) is 26.4. The SMILES string of the molecule is CCCN(CC)C(=O)N(CC(=O)O)c1ccc(C)cc1. The minimum Gasteiger partial charge on any atom is -0.480 e. The molecular weight excluding hydrogens is 256 g/mol. The predicted molar refractivity (Wildman–Crippen MR) is 79.1 cm³/mol. The van der Waals surface area contributed by atoms with E-state index >= 15 is 0 Å². The fraction of sp³-hybridized carbons (Fsp3) is 0.467. The summed E-state index contributed by atoms with van der Waals surface area (Å²) in [5, 5.41) is 9.02. The summed E-state index contributed by atoms with van der Waals surface area (Å²) in [6, 6.07) is 7.02. The maximum Gasteiger partial charge on any atom is 0.325 e. The number of urea groups is 1. The first-order chi connectivity index (χ1) is 9.49. The first kappa shape index (κ1) is 16.0. The van der Waals surface area contributed by atoms with Crippen molar-refractivity contribution in [1.29, 1.82) is 0 Å². The Morgan fingerprint density at radius 2 is 1.75 bits per heavy atom. The molecule has 110 valence electrons. The van der Waals surface area contributed by atoms with E-state index in [0.29, 0.717) is 18.8 Å². The molecule has 0 aliphatic carbocycles. The zero-order valence-electron chi connectivity index (χ0n) is 12.3. The van der Waals surface area contributed by atoms with Gasteiger partial charge >= 0.3 is 12.0 Å². The molecule has 0 saturated carbocycles. The molecule has 5 heteroatoms. The largest absolute Gasteiger partial charge is 0.480 e. The van der Waals surface area contributed by atoms with Crippen molar-refractivity contribution >= 4 is 17.7 Å². The van der Waals surface area contributed by atoms with E-state index in [1.165, 1.54) is 4.90 Å². The zero-order chi connectivity index (χ0) is 15.1. The summed E-state index contributed by atoms with van der Waals surface area (Å²) in [5.41, 5.74) is 1.68. The number of hydrogen-bond acceptors (Lipinski definition) is 2. The first-order valence-electron chi connectivity index (χ1n) is 6.84. The van der Waals surface area contributed by atoms with Gasteiger partial charge in [0.05, 0.1) is 0 Å². The summed E-state index contributed by atoms with van der Waals surface area (Å²) in [6.45, 7) is 6.68. The predicted octanol–water partition coefficient (Wildman–Crippen LogP) is 2.74. The van der Waals surface area contributed by atoms with Gasteiger partial charge in [-0.05, 0) is 32.4 Å². The summed E-state index contributed by atoms with van der Waals surface area (Å²) in [5.74, 6) is -1.02. The molecule has 20 heavy (non-hydrogen) atoms. The average Bonchev–Trinajstić information content (AvgIpc) is 2.42. The Morgan fingerprint density at radius 3 is 2.20 bits per heavy atom. The van der Waals surface area contributed by atoms with E-state index in [0.717, 1.165) is 12.0 Å². The Hall–Kier alpha value is -2.04. The Kier molecular flexibility index (Phi) is 6.03. The van der Waals surface area contributed by atoms with E-state index < -0.39 is 5.97 Å². The van der Waals surface area contributed by atoms with Crippen molar-refractivity contribution in [3.05, 3.63) is 29.8 Å². The summed E-state index contributed by atoms with van der Waals surface area (Å²) in [7, 11) is 0.